The molecule has 0 aliphatic carbocycles. The molecule has 0 radical (unpaired) electrons. The molecule has 1 saturated heterocycles. The maximum atomic E-state index is 12.8. The summed E-state index contributed by atoms with van der Waals surface area (Å²) in [5.41, 5.74) is 1.85. The van der Waals surface area contributed by atoms with Crippen molar-refractivity contribution >= 4 is 17.1 Å². The van der Waals surface area contributed by atoms with E-state index in [-0.39, 0.29) is 23.3 Å². The van der Waals surface area contributed by atoms with Gasteiger partial charge in [0.1, 0.15) is 12.6 Å². The predicted molar refractivity (Wildman–Crippen MR) is 113 cm³/mol. The van der Waals surface area contributed by atoms with Crippen molar-refractivity contribution in [1.82, 2.24) is 24.0 Å². The van der Waals surface area contributed by atoms with E-state index < -0.39 is 6.23 Å². The normalized spacial score (nSPS) is 20.4. The maximum absolute atomic E-state index is 12.8. The first-order chi connectivity index (χ1) is 14.4. The Hall–Kier alpha value is -3.00. The van der Waals surface area contributed by atoms with Gasteiger partial charge in [-0.15, -0.1) is 0 Å². The summed E-state index contributed by atoms with van der Waals surface area (Å²) in [7, 11) is 1.80. The van der Waals surface area contributed by atoms with Crippen LogP contribution in [0.15, 0.2) is 47.8 Å². The lowest BCUT2D eigenvalue weighted by Gasteiger charge is -2.37. The number of aromatic nitrogens is 4. The van der Waals surface area contributed by atoms with Crippen LogP contribution in [0.3, 0.4) is 0 Å². The summed E-state index contributed by atoms with van der Waals surface area (Å²) in [6.07, 6.45) is 3.83. The molecule has 0 bridgehead atoms. The first-order valence-corrected chi connectivity index (χ1v) is 10.3. The minimum atomic E-state index is -0.832. The second-order valence-electron chi connectivity index (χ2n) is 8.20. The molecule has 1 amide bonds. The number of aliphatic hydroxyl groups excluding tert-OH is 1. The number of carbonyl (C=O) groups excluding carboxylic acids is 1. The SMILES string of the molecule is CC(CC(=O)N1CCC(Cn2cnc3c(ncn3C)c2=O)C[C@H]1O)c1ccccc1. The molecule has 8 nitrogen and oxygen atoms in total. The number of fused-ring (bicyclic) bond motifs is 1. The lowest BCUT2D eigenvalue weighted by atomic mass is 9.93. The fourth-order valence-electron chi connectivity index (χ4n) is 4.20. The predicted octanol–water partition coefficient (Wildman–Crippen LogP) is 1.88. The number of amides is 1. The molecule has 3 heterocycles. The number of hydrogen-bond donors (Lipinski definition) is 1. The van der Waals surface area contributed by atoms with E-state index in [0.29, 0.717) is 37.1 Å². The Balaban J connectivity index is 1.38. The Morgan fingerprint density at radius 2 is 2.00 bits per heavy atom. The van der Waals surface area contributed by atoms with Crippen molar-refractivity contribution in [3.05, 3.63) is 58.9 Å². The van der Waals surface area contributed by atoms with E-state index in [4.69, 9.17) is 0 Å². The zero-order chi connectivity index (χ0) is 21.3. The molecular weight excluding hydrogens is 382 g/mol. The van der Waals surface area contributed by atoms with Crippen LogP contribution in [-0.4, -0.2) is 47.8 Å². The largest absolute Gasteiger partial charge is 0.374 e. The average molecular weight is 409 g/mol. The Labute approximate surface area is 174 Å². The van der Waals surface area contributed by atoms with Gasteiger partial charge >= 0.3 is 0 Å². The van der Waals surface area contributed by atoms with Gasteiger partial charge in [-0.25, -0.2) is 9.97 Å². The highest BCUT2D eigenvalue weighted by atomic mass is 16.3. The minimum absolute atomic E-state index is 0.0361. The van der Waals surface area contributed by atoms with Crippen molar-refractivity contribution < 1.29 is 9.90 Å². The second kappa shape index (κ2) is 8.39. The summed E-state index contributed by atoms with van der Waals surface area (Å²) in [6.45, 7) is 2.97. The minimum Gasteiger partial charge on any atom is -0.374 e. The second-order valence-corrected chi connectivity index (χ2v) is 8.20. The molecule has 4 rings (SSSR count). The number of piperidine rings is 1. The molecule has 1 aromatic carbocycles. The van der Waals surface area contributed by atoms with Gasteiger partial charge in [0.15, 0.2) is 11.2 Å². The quantitative estimate of drug-likeness (QED) is 0.695. The average Bonchev–Trinajstić information content (AvgIpc) is 3.12. The number of rotatable bonds is 5. The van der Waals surface area contributed by atoms with Crippen molar-refractivity contribution in [3.63, 3.8) is 0 Å². The van der Waals surface area contributed by atoms with Crippen LogP contribution in [-0.2, 0) is 18.4 Å². The van der Waals surface area contributed by atoms with E-state index in [2.05, 4.69) is 9.97 Å². The molecule has 2 aromatic heterocycles. The van der Waals surface area contributed by atoms with Crippen LogP contribution < -0.4 is 5.56 Å². The highest BCUT2D eigenvalue weighted by Gasteiger charge is 2.31. The molecule has 1 aliphatic heterocycles. The number of aryl methyl sites for hydroxylation is 1. The van der Waals surface area contributed by atoms with E-state index in [1.165, 1.54) is 6.33 Å². The number of nitrogens with zero attached hydrogens (tertiary/aromatic N) is 5. The smallest absolute Gasteiger partial charge is 0.281 e. The molecule has 1 fully saturated rings. The topological polar surface area (TPSA) is 93.3 Å². The summed E-state index contributed by atoms with van der Waals surface area (Å²) in [6, 6.07) is 9.93. The Bertz CT molecular complexity index is 1090. The van der Waals surface area contributed by atoms with E-state index in [1.54, 1.807) is 27.4 Å². The monoisotopic (exact) mass is 409 g/mol. The summed E-state index contributed by atoms with van der Waals surface area (Å²) in [4.78, 5) is 35.4. The van der Waals surface area contributed by atoms with Crippen LogP contribution in [0.2, 0.25) is 0 Å². The fourth-order valence-corrected chi connectivity index (χ4v) is 4.20. The molecule has 0 saturated carbocycles. The standard InChI is InChI=1S/C22H27N5O3/c1-15(17-6-4-3-5-7-17)10-18(28)27-9-8-16(11-19(27)29)12-26-14-24-21-20(22(26)30)23-13-25(21)2/h3-7,13-16,19,29H,8-12H2,1-2H3/t15?,16?,19-/m1/s1. The fraction of sp³-hybridized carbons (Fsp3) is 0.455. The number of hydrogen-bond acceptors (Lipinski definition) is 5. The van der Waals surface area contributed by atoms with Gasteiger partial charge in [0.05, 0.1) is 6.33 Å². The molecule has 30 heavy (non-hydrogen) atoms. The van der Waals surface area contributed by atoms with Crippen molar-refractivity contribution in [2.45, 2.75) is 44.9 Å². The number of aliphatic hydroxyl groups is 1. The van der Waals surface area contributed by atoms with E-state index >= 15 is 0 Å². The van der Waals surface area contributed by atoms with E-state index in [0.717, 1.165) is 12.0 Å². The third kappa shape index (κ3) is 4.00. The Morgan fingerprint density at radius 1 is 1.23 bits per heavy atom. The summed E-state index contributed by atoms with van der Waals surface area (Å²) >= 11 is 0. The van der Waals surface area contributed by atoms with Crippen LogP contribution in [0, 0.1) is 5.92 Å². The van der Waals surface area contributed by atoms with Crippen LogP contribution >= 0.6 is 0 Å². The highest BCUT2D eigenvalue weighted by molar-refractivity contribution is 5.77. The van der Waals surface area contributed by atoms with Gasteiger partial charge in [0.2, 0.25) is 5.91 Å². The molecule has 0 spiro atoms. The van der Waals surface area contributed by atoms with Crippen molar-refractivity contribution in [2.75, 3.05) is 6.54 Å². The van der Waals surface area contributed by atoms with Crippen LogP contribution in [0.4, 0.5) is 0 Å². The Kier molecular flexibility index (Phi) is 5.67. The van der Waals surface area contributed by atoms with Crippen molar-refractivity contribution in [2.24, 2.45) is 13.0 Å². The summed E-state index contributed by atoms with van der Waals surface area (Å²) in [5.74, 6) is 0.153. The lowest BCUT2D eigenvalue weighted by molar-refractivity contribution is -0.146. The molecule has 3 atom stereocenters. The summed E-state index contributed by atoms with van der Waals surface area (Å²) in [5, 5.41) is 10.6. The zero-order valence-corrected chi connectivity index (χ0v) is 17.3. The zero-order valence-electron chi connectivity index (χ0n) is 17.3. The number of carbonyl (C=O) groups is 1. The van der Waals surface area contributed by atoms with Gasteiger partial charge in [0, 0.05) is 26.6 Å². The van der Waals surface area contributed by atoms with Crippen molar-refractivity contribution in [1.29, 1.82) is 0 Å². The van der Waals surface area contributed by atoms with E-state index in [9.17, 15) is 14.7 Å². The van der Waals surface area contributed by atoms with Gasteiger partial charge in [-0.1, -0.05) is 37.3 Å². The number of likely N-dealkylation sites (tertiary alicyclic amines) is 1. The van der Waals surface area contributed by atoms with Gasteiger partial charge in [0.25, 0.3) is 5.56 Å². The molecule has 158 valence electrons. The first-order valence-electron chi connectivity index (χ1n) is 10.3. The Morgan fingerprint density at radius 3 is 2.73 bits per heavy atom. The van der Waals surface area contributed by atoms with Gasteiger partial charge in [-0.3, -0.25) is 14.2 Å². The van der Waals surface area contributed by atoms with Crippen molar-refractivity contribution in [3.8, 4) is 0 Å². The highest BCUT2D eigenvalue weighted by Crippen LogP contribution is 2.26. The molecule has 3 aromatic rings. The number of benzene rings is 1. The third-order valence-electron chi connectivity index (χ3n) is 6.00. The molecule has 1 N–H and O–H groups in total. The lowest BCUT2D eigenvalue weighted by Crippen LogP contribution is -2.47. The van der Waals surface area contributed by atoms with E-state index in [1.807, 2.05) is 37.3 Å². The molecule has 1 aliphatic rings. The van der Waals surface area contributed by atoms with Gasteiger partial charge in [-0.05, 0) is 30.2 Å². The van der Waals surface area contributed by atoms with Gasteiger partial charge < -0.3 is 14.6 Å². The van der Waals surface area contributed by atoms with Crippen LogP contribution in [0.5, 0.6) is 0 Å². The van der Waals surface area contributed by atoms with Crippen LogP contribution in [0.25, 0.3) is 11.2 Å². The van der Waals surface area contributed by atoms with Gasteiger partial charge in [-0.2, -0.15) is 0 Å². The molecule has 8 heteroatoms. The number of imidazole rings is 1. The molecular formula is C22H27N5O3. The third-order valence-corrected chi connectivity index (χ3v) is 6.00. The maximum Gasteiger partial charge on any atom is 0.281 e. The summed E-state index contributed by atoms with van der Waals surface area (Å²) < 4.78 is 3.27. The first kappa shape index (κ1) is 20.3. The van der Waals surface area contributed by atoms with Crippen LogP contribution in [0.1, 0.15) is 37.7 Å². The molecule has 2 unspecified atom stereocenters.